The molecule has 0 aliphatic carbocycles. The van der Waals surface area contributed by atoms with Gasteiger partial charge in [0.1, 0.15) is 0 Å². The van der Waals surface area contributed by atoms with Gasteiger partial charge in [-0.15, -0.1) is 0 Å². The van der Waals surface area contributed by atoms with Crippen molar-refractivity contribution in [2.75, 3.05) is 6.61 Å². The molecule has 1 aliphatic rings. The molecule has 1 nitrogen and oxygen atoms in total. The normalized spacial score (nSPS) is 16.4. The highest BCUT2D eigenvalue weighted by Gasteiger charge is 2.20. The van der Waals surface area contributed by atoms with Crippen molar-refractivity contribution in [1.82, 2.24) is 0 Å². The molecule has 1 heteroatoms. The first-order chi connectivity index (χ1) is 12.4. The maximum absolute atomic E-state index is 5.25. The molecule has 0 N–H and O–H groups in total. The van der Waals surface area contributed by atoms with Gasteiger partial charge in [-0.25, -0.2) is 0 Å². The van der Waals surface area contributed by atoms with E-state index in [1.165, 1.54) is 135 Å². The van der Waals surface area contributed by atoms with Gasteiger partial charge in [0, 0.05) is 0 Å². The molecule has 150 valence electrons. The van der Waals surface area contributed by atoms with Crippen molar-refractivity contribution in [3.63, 3.8) is 0 Å². The van der Waals surface area contributed by atoms with Crippen molar-refractivity contribution in [2.45, 2.75) is 148 Å². The largest absolute Gasteiger partial charge is 0.373 e. The van der Waals surface area contributed by atoms with E-state index in [0.29, 0.717) is 6.10 Å². The Bertz CT molecular complexity index is 246. The van der Waals surface area contributed by atoms with Crippen LogP contribution in [0.15, 0.2) is 0 Å². The molecule has 0 radical (unpaired) electrons. The number of hydrogen-bond acceptors (Lipinski definition) is 1. The van der Waals surface area contributed by atoms with Crippen LogP contribution < -0.4 is 0 Å². The Balaban J connectivity index is 1.59. The number of ether oxygens (including phenoxy) is 1. The Labute approximate surface area is 159 Å². The predicted octanol–water partition coefficient (Wildman–Crippen LogP) is 8.60. The highest BCUT2D eigenvalue weighted by molar-refractivity contribution is 4.68. The molecule has 0 aromatic rings. The van der Waals surface area contributed by atoms with Crippen LogP contribution in [0.25, 0.3) is 0 Å². The summed E-state index contributed by atoms with van der Waals surface area (Å²) in [5, 5.41) is 0. The van der Waals surface area contributed by atoms with Gasteiger partial charge in [0.05, 0.1) is 12.7 Å². The Morgan fingerprint density at radius 1 is 0.480 bits per heavy atom. The molecule has 1 aliphatic heterocycles. The molecule has 0 spiro atoms. The minimum Gasteiger partial charge on any atom is -0.373 e. The predicted molar refractivity (Wildman–Crippen MR) is 112 cm³/mol. The lowest BCUT2D eigenvalue weighted by Crippen LogP contribution is -1.86. The van der Waals surface area contributed by atoms with Crippen LogP contribution in [0.2, 0.25) is 0 Å². The highest BCUT2D eigenvalue weighted by Crippen LogP contribution is 2.18. The molecule has 0 bridgehead atoms. The van der Waals surface area contributed by atoms with Crippen LogP contribution in [0.1, 0.15) is 142 Å². The van der Waals surface area contributed by atoms with E-state index in [2.05, 4.69) is 6.92 Å². The second kappa shape index (κ2) is 18.7. The Hall–Kier alpha value is -0.0400. The van der Waals surface area contributed by atoms with Crippen LogP contribution in [0.5, 0.6) is 0 Å². The second-order valence-corrected chi connectivity index (χ2v) is 8.46. The molecule has 1 atom stereocenters. The first kappa shape index (κ1) is 23.0. The number of rotatable bonds is 21. The maximum atomic E-state index is 5.25. The number of unbranched alkanes of at least 4 members (excludes halogenated alkanes) is 19. The average molecular weight is 353 g/mol. The van der Waals surface area contributed by atoms with Gasteiger partial charge in [-0.2, -0.15) is 0 Å². The maximum Gasteiger partial charge on any atom is 0.0810 e. The van der Waals surface area contributed by atoms with E-state index in [4.69, 9.17) is 4.74 Å². The van der Waals surface area contributed by atoms with Crippen LogP contribution in [0, 0.1) is 0 Å². The molecular weight excluding hydrogens is 304 g/mol. The van der Waals surface area contributed by atoms with Gasteiger partial charge in [0.15, 0.2) is 0 Å². The fraction of sp³-hybridized carbons (Fsp3) is 1.00. The zero-order chi connectivity index (χ0) is 17.8. The monoisotopic (exact) mass is 352 g/mol. The van der Waals surface area contributed by atoms with Crippen LogP contribution in [-0.2, 0) is 4.74 Å². The summed E-state index contributed by atoms with van der Waals surface area (Å²) in [4.78, 5) is 0. The van der Waals surface area contributed by atoms with Crippen LogP contribution >= 0.6 is 0 Å². The third kappa shape index (κ3) is 18.5. The zero-order valence-corrected chi connectivity index (χ0v) is 17.5. The average Bonchev–Trinajstić information content (AvgIpc) is 3.44. The minimum absolute atomic E-state index is 0.649. The summed E-state index contributed by atoms with van der Waals surface area (Å²) >= 11 is 0. The summed E-state index contributed by atoms with van der Waals surface area (Å²) in [6, 6.07) is 0. The van der Waals surface area contributed by atoms with Crippen molar-refractivity contribution in [3.05, 3.63) is 0 Å². The van der Waals surface area contributed by atoms with Gasteiger partial charge in [-0.05, 0) is 6.42 Å². The van der Waals surface area contributed by atoms with E-state index in [0.717, 1.165) is 6.61 Å². The van der Waals surface area contributed by atoms with Gasteiger partial charge >= 0.3 is 0 Å². The molecule has 0 aromatic heterocycles. The molecule has 1 unspecified atom stereocenters. The number of epoxide rings is 1. The van der Waals surface area contributed by atoms with E-state index in [9.17, 15) is 0 Å². The van der Waals surface area contributed by atoms with Crippen LogP contribution in [0.3, 0.4) is 0 Å². The van der Waals surface area contributed by atoms with E-state index >= 15 is 0 Å². The molecular formula is C24H48O. The lowest BCUT2D eigenvalue weighted by molar-refractivity contribution is 0.387. The smallest absolute Gasteiger partial charge is 0.0810 e. The SMILES string of the molecule is CCCCCCCCCCCCCCCCCCCCCCC1CO1. The highest BCUT2D eigenvalue weighted by atomic mass is 16.6. The lowest BCUT2D eigenvalue weighted by Gasteiger charge is -2.04. The molecule has 0 saturated carbocycles. The Morgan fingerprint density at radius 3 is 1.04 bits per heavy atom. The van der Waals surface area contributed by atoms with Gasteiger partial charge < -0.3 is 4.74 Å². The van der Waals surface area contributed by atoms with Crippen molar-refractivity contribution in [2.24, 2.45) is 0 Å². The first-order valence-corrected chi connectivity index (χ1v) is 12.0. The van der Waals surface area contributed by atoms with Crippen molar-refractivity contribution < 1.29 is 4.74 Å². The second-order valence-electron chi connectivity index (χ2n) is 8.46. The Morgan fingerprint density at radius 2 is 0.760 bits per heavy atom. The standard InChI is InChI=1S/C24H48O/c1-2-3-4-5-6-7-8-9-10-11-12-13-14-15-16-17-18-19-20-21-22-24-23-25-24/h24H,2-23H2,1H3. The Kier molecular flexibility index (Phi) is 17.2. The molecule has 25 heavy (non-hydrogen) atoms. The zero-order valence-electron chi connectivity index (χ0n) is 17.5. The molecule has 0 aromatic carbocycles. The van der Waals surface area contributed by atoms with E-state index in [-0.39, 0.29) is 0 Å². The van der Waals surface area contributed by atoms with Gasteiger partial charge in [-0.3, -0.25) is 0 Å². The van der Waals surface area contributed by atoms with Crippen LogP contribution in [-0.4, -0.2) is 12.7 Å². The molecule has 1 saturated heterocycles. The van der Waals surface area contributed by atoms with E-state index in [1.54, 1.807) is 0 Å². The van der Waals surface area contributed by atoms with Gasteiger partial charge in [0.2, 0.25) is 0 Å². The van der Waals surface area contributed by atoms with Crippen LogP contribution in [0.4, 0.5) is 0 Å². The summed E-state index contributed by atoms with van der Waals surface area (Å²) in [5.74, 6) is 0. The summed E-state index contributed by atoms with van der Waals surface area (Å²) in [6.07, 6.45) is 31.2. The molecule has 1 fully saturated rings. The number of hydrogen-bond donors (Lipinski definition) is 0. The third-order valence-corrected chi connectivity index (χ3v) is 5.78. The topological polar surface area (TPSA) is 12.5 Å². The van der Waals surface area contributed by atoms with E-state index in [1.807, 2.05) is 0 Å². The quantitative estimate of drug-likeness (QED) is 0.149. The third-order valence-electron chi connectivity index (χ3n) is 5.78. The van der Waals surface area contributed by atoms with Gasteiger partial charge in [-0.1, -0.05) is 135 Å². The molecule has 1 heterocycles. The summed E-state index contributed by atoms with van der Waals surface area (Å²) in [7, 11) is 0. The van der Waals surface area contributed by atoms with Crippen molar-refractivity contribution in [3.8, 4) is 0 Å². The summed E-state index contributed by atoms with van der Waals surface area (Å²) in [5.41, 5.74) is 0. The molecule has 1 rings (SSSR count). The summed E-state index contributed by atoms with van der Waals surface area (Å²) < 4.78 is 5.25. The first-order valence-electron chi connectivity index (χ1n) is 12.0. The van der Waals surface area contributed by atoms with Crippen molar-refractivity contribution >= 4 is 0 Å². The van der Waals surface area contributed by atoms with Gasteiger partial charge in [0.25, 0.3) is 0 Å². The summed E-state index contributed by atoms with van der Waals surface area (Å²) in [6.45, 7) is 3.34. The fourth-order valence-corrected chi connectivity index (χ4v) is 3.86. The van der Waals surface area contributed by atoms with Crippen molar-refractivity contribution in [1.29, 1.82) is 0 Å². The minimum atomic E-state index is 0.649. The fourth-order valence-electron chi connectivity index (χ4n) is 3.86. The lowest BCUT2D eigenvalue weighted by atomic mass is 10.0. The van der Waals surface area contributed by atoms with E-state index < -0.39 is 0 Å². The molecule has 0 amide bonds.